The molecular formula is C20H24F2Zr. The first kappa shape index (κ1) is 24.2. The van der Waals surface area contributed by atoms with Crippen LogP contribution in [0.5, 0.6) is 0 Å². The van der Waals surface area contributed by atoms with E-state index in [1.54, 1.807) is 5.56 Å². The third kappa shape index (κ3) is 5.21. The second-order valence-electron chi connectivity index (χ2n) is 5.49. The summed E-state index contributed by atoms with van der Waals surface area (Å²) in [4.78, 5) is 0. The molecule has 0 nitrogen and oxygen atoms in total. The second kappa shape index (κ2) is 10.7. The second-order valence-corrected chi connectivity index (χ2v) is 5.49. The van der Waals surface area contributed by atoms with Gasteiger partial charge in [0.15, 0.2) is 0 Å². The fourth-order valence-corrected chi connectivity index (χ4v) is 2.90. The van der Waals surface area contributed by atoms with Crippen LogP contribution in [0.4, 0.5) is 0 Å². The molecule has 0 bridgehead atoms. The van der Waals surface area contributed by atoms with Gasteiger partial charge in [0.05, 0.1) is 0 Å². The smallest absolute Gasteiger partial charge is 1.00 e. The molecule has 0 spiro atoms. The molecule has 3 aromatic carbocycles. The van der Waals surface area contributed by atoms with E-state index in [0.29, 0.717) is 0 Å². The molecule has 3 aromatic rings. The van der Waals surface area contributed by atoms with Crippen LogP contribution in [0.2, 0.25) is 0 Å². The van der Waals surface area contributed by atoms with Crippen molar-refractivity contribution in [2.24, 2.45) is 0 Å². The van der Waals surface area contributed by atoms with Gasteiger partial charge in [0, 0.05) is 0 Å². The largest absolute Gasteiger partial charge is 4.00 e. The van der Waals surface area contributed by atoms with Gasteiger partial charge in [-0.1, -0.05) is 47.1 Å². The fraction of sp³-hybridized carbons (Fsp3) is 0.300. The van der Waals surface area contributed by atoms with Crippen LogP contribution < -0.4 is 9.41 Å². The van der Waals surface area contributed by atoms with Crippen molar-refractivity contribution < 1.29 is 35.6 Å². The molecule has 0 amide bonds. The normalized spacial score (nSPS) is 9.09. The molecule has 0 radical (unpaired) electrons. The summed E-state index contributed by atoms with van der Waals surface area (Å²) in [5, 5.41) is 2.66. The van der Waals surface area contributed by atoms with E-state index in [9.17, 15) is 0 Å². The zero-order chi connectivity index (χ0) is 14.7. The summed E-state index contributed by atoms with van der Waals surface area (Å²) in [7, 11) is 0. The van der Waals surface area contributed by atoms with Crippen LogP contribution in [-0.4, -0.2) is 0 Å². The van der Waals surface area contributed by atoms with Crippen LogP contribution in [0.3, 0.4) is 0 Å². The van der Waals surface area contributed by atoms with Crippen molar-refractivity contribution in [2.75, 3.05) is 0 Å². The Bertz CT molecular complexity index is 652. The number of benzene rings is 1. The van der Waals surface area contributed by atoms with Gasteiger partial charge in [0.1, 0.15) is 0 Å². The Balaban J connectivity index is 0. The van der Waals surface area contributed by atoms with E-state index in [1.165, 1.54) is 39.4 Å². The standard InChI is InChI=1S/C11H17.C9H7.2FH.Zr/c1-6-11-9(4)7(2)8(3)10(11)5;1-2-5-9-7-3-6-8(9)4-1;;;/h6H2,1-5H3;1-7H;2*1H;/q2*-1;;;+4/p-2. The maximum Gasteiger partial charge on any atom is 4.00 e. The van der Waals surface area contributed by atoms with Gasteiger partial charge in [0.2, 0.25) is 0 Å². The summed E-state index contributed by atoms with van der Waals surface area (Å²) < 4.78 is 0. The van der Waals surface area contributed by atoms with E-state index < -0.39 is 0 Å². The molecule has 0 aliphatic carbocycles. The van der Waals surface area contributed by atoms with E-state index in [4.69, 9.17) is 0 Å². The molecule has 3 rings (SSSR count). The molecule has 0 atom stereocenters. The summed E-state index contributed by atoms with van der Waals surface area (Å²) in [5.41, 5.74) is 7.53. The molecule has 122 valence electrons. The molecule has 0 fully saturated rings. The number of rotatable bonds is 1. The molecule has 0 N–H and O–H groups in total. The van der Waals surface area contributed by atoms with Gasteiger partial charge in [-0.05, 0) is 0 Å². The van der Waals surface area contributed by atoms with Gasteiger partial charge < -0.3 is 9.41 Å². The summed E-state index contributed by atoms with van der Waals surface area (Å²) in [5.74, 6) is 0. The molecule has 0 aliphatic heterocycles. The van der Waals surface area contributed by atoms with Crippen molar-refractivity contribution in [1.29, 1.82) is 0 Å². The maximum absolute atomic E-state index is 2.23. The van der Waals surface area contributed by atoms with Crippen molar-refractivity contribution in [2.45, 2.75) is 41.0 Å². The maximum atomic E-state index is 2.23. The summed E-state index contributed by atoms with van der Waals surface area (Å²) in [6, 6.07) is 14.7. The number of hydrogen-bond acceptors (Lipinski definition) is 0. The van der Waals surface area contributed by atoms with Gasteiger partial charge in [-0.2, -0.15) is 45.3 Å². The van der Waals surface area contributed by atoms with Crippen molar-refractivity contribution >= 4 is 10.8 Å². The van der Waals surface area contributed by atoms with Crippen LogP contribution in [0.25, 0.3) is 10.8 Å². The molecular weight excluding hydrogens is 369 g/mol. The van der Waals surface area contributed by atoms with Gasteiger partial charge in [0.25, 0.3) is 0 Å². The zero-order valence-electron chi connectivity index (χ0n) is 14.5. The van der Waals surface area contributed by atoms with Crippen molar-refractivity contribution in [3.8, 4) is 0 Å². The molecule has 0 unspecified atom stereocenters. The Labute approximate surface area is 157 Å². The van der Waals surface area contributed by atoms with E-state index >= 15 is 0 Å². The molecule has 0 aromatic heterocycles. The molecule has 0 aliphatic rings. The van der Waals surface area contributed by atoms with Crippen molar-refractivity contribution in [1.82, 2.24) is 0 Å². The Morgan fingerprint density at radius 2 is 1.39 bits per heavy atom. The summed E-state index contributed by atoms with van der Waals surface area (Å²) in [6.07, 6.45) is 1.17. The Hall–Kier alpha value is -1.08. The average Bonchev–Trinajstić information content (AvgIpc) is 3.01. The minimum absolute atomic E-state index is 0. The van der Waals surface area contributed by atoms with Crippen LogP contribution >= 0.6 is 0 Å². The molecule has 0 heterocycles. The molecule has 23 heavy (non-hydrogen) atoms. The van der Waals surface area contributed by atoms with Gasteiger partial charge in [-0.25, -0.2) is 0 Å². The average molecular weight is 394 g/mol. The predicted octanol–water partition coefficient (Wildman–Crippen LogP) is -0.234. The zero-order valence-corrected chi connectivity index (χ0v) is 17.0. The van der Waals surface area contributed by atoms with Crippen molar-refractivity contribution in [3.63, 3.8) is 0 Å². The molecule has 0 saturated heterocycles. The van der Waals surface area contributed by atoms with E-state index in [1.807, 2.05) is 0 Å². The fourth-order valence-electron chi connectivity index (χ4n) is 2.90. The first-order valence-corrected chi connectivity index (χ1v) is 7.38. The van der Waals surface area contributed by atoms with Gasteiger partial charge >= 0.3 is 26.2 Å². The Morgan fingerprint density at radius 1 is 0.870 bits per heavy atom. The van der Waals surface area contributed by atoms with Crippen LogP contribution in [0.15, 0.2) is 42.5 Å². The van der Waals surface area contributed by atoms with Gasteiger partial charge in [-0.15, -0.1) is 29.7 Å². The first-order chi connectivity index (χ1) is 9.56. The predicted molar refractivity (Wildman–Crippen MR) is 89.9 cm³/mol. The van der Waals surface area contributed by atoms with E-state index in [-0.39, 0.29) is 35.6 Å². The van der Waals surface area contributed by atoms with Crippen molar-refractivity contribution in [3.05, 3.63) is 70.3 Å². The van der Waals surface area contributed by atoms with Crippen LogP contribution in [0, 0.1) is 27.7 Å². The minimum Gasteiger partial charge on any atom is -1.00 e. The third-order valence-electron chi connectivity index (χ3n) is 4.49. The van der Waals surface area contributed by atoms with Crippen LogP contribution in [-0.2, 0) is 32.6 Å². The Morgan fingerprint density at radius 3 is 1.83 bits per heavy atom. The number of halogens is 2. The SMILES string of the molecule is CC[c-]1c(C)c(C)c(C)c1C.[F-].[F-].[Zr+4].c1ccc2[cH-]ccc2c1. The number of fused-ring (bicyclic) bond motifs is 1. The van der Waals surface area contributed by atoms with Crippen LogP contribution in [0.1, 0.15) is 34.7 Å². The molecule has 3 heteroatoms. The summed E-state index contributed by atoms with van der Waals surface area (Å²) >= 11 is 0. The topological polar surface area (TPSA) is 0 Å². The number of hydrogen-bond donors (Lipinski definition) is 0. The monoisotopic (exact) mass is 392 g/mol. The quantitative estimate of drug-likeness (QED) is 0.501. The minimum atomic E-state index is 0. The van der Waals surface area contributed by atoms with Gasteiger partial charge in [-0.3, -0.25) is 0 Å². The summed E-state index contributed by atoms with van der Waals surface area (Å²) in [6.45, 7) is 11.1. The Kier molecular flexibility index (Phi) is 11.2. The third-order valence-corrected chi connectivity index (χ3v) is 4.49. The molecule has 0 saturated carbocycles. The van der Waals surface area contributed by atoms with E-state index in [0.717, 1.165) is 0 Å². The first-order valence-electron chi connectivity index (χ1n) is 7.38. The van der Waals surface area contributed by atoms with E-state index in [2.05, 4.69) is 77.1 Å².